The molecule has 0 saturated carbocycles. The summed E-state index contributed by atoms with van der Waals surface area (Å²) in [5, 5.41) is 0. The number of benzene rings is 3. The van der Waals surface area contributed by atoms with E-state index < -0.39 is 0 Å². The predicted molar refractivity (Wildman–Crippen MR) is 137 cm³/mol. The van der Waals surface area contributed by atoms with Gasteiger partial charge >= 0.3 is 0 Å². The van der Waals surface area contributed by atoms with Crippen molar-refractivity contribution in [1.82, 2.24) is 0 Å². The van der Waals surface area contributed by atoms with Gasteiger partial charge in [0.05, 0.1) is 45.2 Å². The van der Waals surface area contributed by atoms with Gasteiger partial charge < -0.3 is 23.7 Å². The molecule has 3 aromatic rings. The summed E-state index contributed by atoms with van der Waals surface area (Å²) in [6, 6.07) is 28.6. The fourth-order valence-electron chi connectivity index (χ4n) is 4.60. The molecule has 0 aliphatic carbocycles. The van der Waals surface area contributed by atoms with Gasteiger partial charge in [-0.3, -0.25) is 0 Å². The van der Waals surface area contributed by atoms with E-state index in [1.54, 1.807) is 18.9 Å². The molecule has 0 spiro atoms. The van der Waals surface area contributed by atoms with Crippen molar-refractivity contribution in [2.75, 3.05) is 13.7 Å². The van der Waals surface area contributed by atoms with E-state index in [1.165, 1.54) is 4.90 Å². The lowest BCUT2D eigenvalue weighted by Gasteiger charge is -2.37. The Kier molecular flexibility index (Phi) is 8.39. The largest absolute Gasteiger partial charge is 0.497 e. The zero-order chi connectivity index (χ0) is 23.9. The molecule has 5 rings (SSSR count). The van der Waals surface area contributed by atoms with E-state index in [2.05, 4.69) is 36.4 Å². The minimum Gasteiger partial charge on any atom is -0.497 e. The molecule has 5 atom stereocenters. The molecule has 6 heteroatoms. The molecule has 35 heavy (non-hydrogen) atoms. The van der Waals surface area contributed by atoms with Gasteiger partial charge in [-0.1, -0.05) is 72.4 Å². The lowest BCUT2D eigenvalue weighted by atomic mass is 9.97. The Morgan fingerprint density at radius 2 is 1.51 bits per heavy atom. The van der Waals surface area contributed by atoms with E-state index in [0.717, 1.165) is 29.7 Å². The summed E-state index contributed by atoms with van der Waals surface area (Å²) in [5.41, 5.74) is 2.32. The van der Waals surface area contributed by atoms with Crippen LogP contribution >= 0.6 is 11.8 Å². The van der Waals surface area contributed by atoms with Gasteiger partial charge in [-0.05, 0) is 35.4 Å². The zero-order valence-electron chi connectivity index (χ0n) is 20.0. The first-order valence-electron chi connectivity index (χ1n) is 12.2. The van der Waals surface area contributed by atoms with Gasteiger partial charge in [0.1, 0.15) is 17.3 Å². The normalized spacial score (nSPS) is 25.8. The number of fused-ring (bicyclic) bond motifs is 1. The van der Waals surface area contributed by atoms with Crippen molar-refractivity contribution in [1.29, 1.82) is 0 Å². The first-order chi connectivity index (χ1) is 17.3. The SMILES string of the molecule is COc1ccc(COC[C@@H]2C[C@@H](OCc3ccccc3)[C@H]3OC(Sc4ccccc4)C[C@@H]3O2)cc1. The third-order valence-corrected chi connectivity index (χ3v) is 7.49. The molecule has 2 saturated heterocycles. The average molecular weight is 493 g/mol. The van der Waals surface area contributed by atoms with Crippen molar-refractivity contribution < 1.29 is 23.7 Å². The molecule has 2 aliphatic heterocycles. The highest BCUT2D eigenvalue weighted by molar-refractivity contribution is 7.99. The van der Waals surface area contributed by atoms with Gasteiger partial charge in [0.15, 0.2) is 0 Å². The summed E-state index contributed by atoms with van der Waals surface area (Å²) in [4.78, 5) is 1.21. The highest BCUT2D eigenvalue weighted by Gasteiger charge is 2.47. The predicted octanol–water partition coefficient (Wildman–Crippen LogP) is 5.86. The van der Waals surface area contributed by atoms with Crippen molar-refractivity contribution >= 4 is 11.8 Å². The molecule has 1 unspecified atom stereocenters. The molecule has 2 fully saturated rings. The Balaban J connectivity index is 1.20. The van der Waals surface area contributed by atoms with Crippen LogP contribution < -0.4 is 4.74 Å². The highest BCUT2D eigenvalue weighted by atomic mass is 32.2. The number of ether oxygens (including phenoxy) is 5. The van der Waals surface area contributed by atoms with E-state index in [0.29, 0.717) is 19.8 Å². The van der Waals surface area contributed by atoms with Crippen molar-refractivity contribution in [3.63, 3.8) is 0 Å². The van der Waals surface area contributed by atoms with Crippen LogP contribution in [0.15, 0.2) is 89.8 Å². The van der Waals surface area contributed by atoms with Crippen molar-refractivity contribution in [2.45, 2.75) is 60.8 Å². The van der Waals surface area contributed by atoms with E-state index in [1.807, 2.05) is 48.5 Å². The third-order valence-electron chi connectivity index (χ3n) is 6.38. The Morgan fingerprint density at radius 3 is 2.26 bits per heavy atom. The molecule has 3 aromatic carbocycles. The van der Waals surface area contributed by atoms with Crippen LogP contribution in [0.1, 0.15) is 24.0 Å². The Bertz CT molecular complexity index is 1030. The van der Waals surface area contributed by atoms with Crippen LogP contribution in [-0.2, 0) is 32.2 Å². The minimum atomic E-state index is -0.0715. The molecule has 0 radical (unpaired) electrons. The van der Waals surface area contributed by atoms with Gasteiger partial charge in [-0.2, -0.15) is 0 Å². The maximum absolute atomic E-state index is 6.47. The number of methoxy groups -OCH3 is 1. The fraction of sp³-hybridized carbons (Fsp3) is 0.379. The Hall–Kier alpha value is -2.35. The van der Waals surface area contributed by atoms with Gasteiger partial charge in [-0.15, -0.1) is 0 Å². The minimum absolute atomic E-state index is 0.000298. The molecular weight excluding hydrogens is 460 g/mol. The second-order valence-corrected chi connectivity index (χ2v) is 10.2. The first kappa shape index (κ1) is 24.3. The molecule has 5 nitrogen and oxygen atoms in total. The smallest absolute Gasteiger partial charge is 0.118 e. The summed E-state index contributed by atoms with van der Waals surface area (Å²) >= 11 is 1.75. The first-order valence-corrected chi connectivity index (χ1v) is 13.0. The maximum Gasteiger partial charge on any atom is 0.118 e. The van der Waals surface area contributed by atoms with Crippen LogP contribution in [0.25, 0.3) is 0 Å². The standard InChI is InChI=1S/C29H32O5S/c1-30-23-14-12-22(13-15-23)18-31-20-24-16-26(32-19-21-8-4-2-5-9-21)29-27(33-24)17-28(34-29)35-25-10-6-3-7-11-25/h2-15,24,26-29H,16-20H2,1H3/t24-,26+,27-,28?,29+/m0/s1. The van der Waals surface area contributed by atoms with Crippen LogP contribution in [-0.4, -0.2) is 43.6 Å². The van der Waals surface area contributed by atoms with Crippen molar-refractivity contribution in [3.8, 4) is 5.75 Å². The summed E-state index contributed by atoms with van der Waals surface area (Å²) in [7, 11) is 1.67. The summed E-state index contributed by atoms with van der Waals surface area (Å²) in [5.74, 6) is 0.845. The summed E-state index contributed by atoms with van der Waals surface area (Å²) in [6.07, 6.45) is 1.45. The van der Waals surface area contributed by atoms with Crippen molar-refractivity contribution in [2.24, 2.45) is 0 Å². The number of hydrogen-bond acceptors (Lipinski definition) is 6. The van der Waals surface area contributed by atoms with Gasteiger partial charge in [0.2, 0.25) is 0 Å². The molecule has 0 amide bonds. The van der Waals surface area contributed by atoms with E-state index >= 15 is 0 Å². The van der Waals surface area contributed by atoms with E-state index in [9.17, 15) is 0 Å². The molecule has 2 heterocycles. The fourth-order valence-corrected chi connectivity index (χ4v) is 5.69. The maximum atomic E-state index is 6.47. The second kappa shape index (κ2) is 12.1. The third kappa shape index (κ3) is 6.66. The van der Waals surface area contributed by atoms with Crippen LogP contribution in [0.3, 0.4) is 0 Å². The van der Waals surface area contributed by atoms with Crippen molar-refractivity contribution in [3.05, 3.63) is 96.1 Å². The van der Waals surface area contributed by atoms with Gasteiger partial charge in [0, 0.05) is 17.7 Å². The monoisotopic (exact) mass is 492 g/mol. The average Bonchev–Trinajstić information content (AvgIpc) is 3.31. The van der Waals surface area contributed by atoms with Crippen LogP contribution in [0.2, 0.25) is 0 Å². The molecule has 0 bridgehead atoms. The van der Waals surface area contributed by atoms with E-state index in [4.69, 9.17) is 23.7 Å². The second-order valence-electron chi connectivity index (χ2n) is 8.93. The number of hydrogen-bond donors (Lipinski definition) is 0. The molecule has 0 N–H and O–H groups in total. The van der Waals surface area contributed by atoms with Crippen LogP contribution in [0.5, 0.6) is 5.75 Å². The zero-order valence-corrected chi connectivity index (χ0v) is 20.8. The Labute approximate surface area is 211 Å². The number of rotatable bonds is 10. The Morgan fingerprint density at radius 1 is 0.800 bits per heavy atom. The van der Waals surface area contributed by atoms with Gasteiger partial charge in [-0.25, -0.2) is 0 Å². The molecular formula is C29H32O5S. The highest BCUT2D eigenvalue weighted by Crippen LogP contribution is 2.40. The lowest BCUT2D eigenvalue weighted by molar-refractivity contribution is -0.183. The lowest BCUT2D eigenvalue weighted by Crippen LogP contribution is -2.48. The molecule has 0 aromatic heterocycles. The van der Waals surface area contributed by atoms with Gasteiger partial charge in [0.25, 0.3) is 0 Å². The van der Waals surface area contributed by atoms with E-state index in [-0.39, 0.29) is 29.9 Å². The molecule has 2 aliphatic rings. The summed E-state index contributed by atoms with van der Waals surface area (Å²) in [6.45, 7) is 1.63. The molecule has 184 valence electrons. The topological polar surface area (TPSA) is 46.2 Å². The summed E-state index contributed by atoms with van der Waals surface area (Å²) < 4.78 is 30.6. The van der Waals surface area contributed by atoms with Crippen LogP contribution in [0, 0.1) is 0 Å². The quantitative estimate of drug-likeness (QED) is 0.353. The number of thioether (sulfide) groups is 1. The van der Waals surface area contributed by atoms with Crippen LogP contribution in [0.4, 0.5) is 0 Å².